The zero-order valence-electron chi connectivity index (χ0n) is 13.4. The molecule has 2 aromatic carbocycles. The smallest absolute Gasteiger partial charge is 0.313 e. The SMILES string of the molecule is O=C(O)CCC(O)CC(=O)Oc1ccccc1C(=O)c1ccccc1. The highest BCUT2D eigenvalue weighted by atomic mass is 16.5. The second-order valence-corrected chi connectivity index (χ2v) is 5.46. The number of carbonyl (C=O) groups excluding carboxylic acids is 2. The molecule has 0 fully saturated rings. The number of aliphatic hydroxyl groups is 1. The number of ketones is 1. The number of esters is 1. The van der Waals surface area contributed by atoms with Crippen LogP contribution in [0.4, 0.5) is 0 Å². The molecule has 0 aromatic heterocycles. The minimum absolute atomic E-state index is 0.0466. The van der Waals surface area contributed by atoms with Crippen molar-refractivity contribution in [1.29, 1.82) is 0 Å². The summed E-state index contributed by atoms with van der Waals surface area (Å²) in [6.45, 7) is 0. The van der Waals surface area contributed by atoms with E-state index < -0.39 is 18.0 Å². The van der Waals surface area contributed by atoms with E-state index >= 15 is 0 Å². The number of ether oxygens (including phenoxy) is 1. The second-order valence-electron chi connectivity index (χ2n) is 5.46. The van der Waals surface area contributed by atoms with Crippen molar-refractivity contribution in [2.75, 3.05) is 0 Å². The molecule has 6 heteroatoms. The maximum Gasteiger partial charge on any atom is 0.313 e. The first kappa shape index (κ1) is 18.4. The zero-order chi connectivity index (χ0) is 18.2. The Balaban J connectivity index is 2.06. The molecular formula is C19H18O6. The third kappa shape index (κ3) is 5.54. The van der Waals surface area contributed by atoms with Gasteiger partial charge in [-0.1, -0.05) is 42.5 Å². The van der Waals surface area contributed by atoms with Gasteiger partial charge in [-0.2, -0.15) is 0 Å². The van der Waals surface area contributed by atoms with Crippen LogP contribution in [-0.2, 0) is 9.59 Å². The fourth-order valence-electron chi connectivity index (χ4n) is 2.24. The molecule has 0 saturated heterocycles. The summed E-state index contributed by atoms with van der Waals surface area (Å²) in [5.41, 5.74) is 0.703. The first-order valence-electron chi connectivity index (χ1n) is 7.76. The number of carbonyl (C=O) groups is 3. The molecule has 1 unspecified atom stereocenters. The lowest BCUT2D eigenvalue weighted by atomic mass is 10.0. The van der Waals surface area contributed by atoms with E-state index in [-0.39, 0.29) is 36.4 Å². The van der Waals surface area contributed by atoms with Crippen molar-refractivity contribution in [3.8, 4) is 5.75 Å². The first-order valence-corrected chi connectivity index (χ1v) is 7.76. The van der Waals surface area contributed by atoms with Crippen LogP contribution < -0.4 is 4.74 Å². The predicted molar refractivity (Wildman–Crippen MR) is 89.4 cm³/mol. The van der Waals surface area contributed by atoms with Crippen molar-refractivity contribution in [1.82, 2.24) is 0 Å². The lowest BCUT2D eigenvalue weighted by Crippen LogP contribution is -2.19. The van der Waals surface area contributed by atoms with Gasteiger partial charge in [-0.25, -0.2) is 0 Å². The van der Waals surface area contributed by atoms with E-state index in [9.17, 15) is 19.5 Å². The summed E-state index contributed by atoms with van der Waals surface area (Å²) >= 11 is 0. The van der Waals surface area contributed by atoms with Gasteiger partial charge < -0.3 is 14.9 Å². The molecule has 1 atom stereocenters. The number of carboxylic acids is 1. The van der Waals surface area contributed by atoms with E-state index in [1.807, 2.05) is 0 Å². The minimum Gasteiger partial charge on any atom is -0.481 e. The molecule has 0 amide bonds. The fourth-order valence-corrected chi connectivity index (χ4v) is 2.24. The number of aliphatic carboxylic acids is 1. The highest BCUT2D eigenvalue weighted by Gasteiger charge is 2.18. The number of benzene rings is 2. The van der Waals surface area contributed by atoms with Gasteiger partial charge in [0.25, 0.3) is 0 Å². The highest BCUT2D eigenvalue weighted by Crippen LogP contribution is 2.22. The van der Waals surface area contributed by atoms with Gasteiger partial charge >= 0.3 is 11.9 Å². The van der Waals surface area contributed by atoms with Crippen molar-refractivity contribution >= 4 is 17.7 Å². The van der Waals surface area contributed by atoms with Crippen molar-refractivity contribution in [2.24, 2.45) is 0 Å². The number of aliphatic hydroxyl groups excluding tert-OH is 1. The Morgan fingerprint density at radius 1 is 0.960 bits per heavy atom. The molecule has 25 heavy (non-hydrogen) atoms. The average molecular weight is 342 g/mol. The number of rotatable bonds is 8. The third-order valence-corrected chi connectivity index (χ3v) is 3.49. The molecule has 2 N–H and O–H groups in total. The van der Waals surface area contributed by atoms with E-state index in [2.05, 4.69) is 0 Å². The molecule has 0 aliphatic rings. The van der Waals surface area contributed by atoms with E-state index in [1.54, 1.807) is 48.5 Å². The summed E-state index contributed by atoms with van der Waals surface area (Å²) in [6, 6.07) is 14.9. The Morgan fingerprint density at radius 3 is 2.28 bits per heavy atom. The van der Waals surface area contributed by atoms with Gasteiger partial charge in [0.2, 0.25) is 0 Å². The van der Waals surface area contributed by atoms with Crippen LogP contribution in [0.15, 0.2) is 54.6 Å². The van der Waals surface area contributed by atoms with Crippen LogP contribution >= 0.6 is 0 Å². The molecule has 6 nitrogen and oxygen atoms in total. The Kier molecular flexibility index (Phi) is 6.42. The van der Waals surface area contributed by atoms with Gasteiger partial charge in [-0.3, -0.25) is 14.4 Å². The lowest BCUT2D eigenvalue weighted by Gasteiger charge is -2.11. The number of para-hydroxylation sites is 1. The van der Waals surface area contributed by atoms with Crippen LogP contribution in [-0.4, -0.2) is 34.0 Å². The molecule has 2 aromatic rings. The molecule has 130 valence electrons. The van der Waals surface area contributed by atoms with Crippen molar-refractivity contribution in [2.45, 2.75) is 25.4 Å². The third-order valence-electron chi connectivity index (χ3n) is 3.49. The van der Waals surface area contributed by atoms with Gasteiger partial charge in [0, 0.05) is 12.0 Å². The number of hydrogen-bond donors (Lipinski definition) is 2. The minimum atomic E-state index is -1.11. The van der Waals surface area contributed by atoms with Crippen molar-refractivity contribution in [3.05, 3.63) is 65.7 Å². The fraction of sp³-hybridized carbons (Fsp3) is 0.211. The van der Waals surface area contributed by atoms with E-state index in [4.69, 9.17) is 9.84 Å². The standard InChI is InChI=1S/C19H18O6/c20-14(10-11-17(21)22)12-18(23)25-16-9-5-4-8-15(16)19(24)13-6-2-1-3-7-13/h1-9,14,20H,10-12H2,(H,21,22). The Labute approximate surface area is 144 Å². The molecule has 0 spiro atoms. The summed E-state index contributed by atoms with van der Waals surface area (Å²) < 4.78 is 5.20. The Morgan fingerprint density at radius 2 is 1.60 bits per heavy atom. The molecule has 0 bridgehead atoms. The summed E-state index contributed by atoms with van der Waals surface area (Å²) in [4.78, 5) is 35.0. The highest BCUT2D eigenvalue weighted by molar-refractivity contribution is 6.10. The summed E-state index contributed by atoms with van der Waals surface area (Å²) in [5, 5.41) is 18.2. The first-order chi connectivity index (χ1) is 12.0. The Hall–Kier alpha value is -2.99. The van der Waals surface area contributed by atoms with Gasteiger partial charge in [0.1, 0.15) is 5.75 Å². The van der Waals surface area contributed by atoms with Crippen LogP contribution in [0.25, 0.3) is 0 Å². The monoisotopic (exact) mass is 342 g/mol. The van der Waals surface area contributed by atoms with Crippen LogP contribution in [0.3, 0.4) is 0 Å². The van der Waals surface area contributed by atoms with Crippen molar-refractivity contribution in [3.63, 3.8) is 0 Å². The summed E-state index contributed by atoms with van der Waals surface area (Å²) in [5.74, 6) is -1.96. The largest absolute Gasteiger partial charge is 0.481 e. The maximum atomic E-state index is 12.5. The molecule has 0 saturated carbocycles. The van der Waals surface area contributed by atoms with Crippen LogP contribution in [0, 0.1) is 0 Å². The van der Waals surface area contributed by atoms with Gasteiger partial charge in [-0.05, 0) is 18.6 Å². The molecule has 0 heterocycles. The van der Waals surface area contributed by atoms with E-state index in [1.165, 1.54) is 6.07 Å². The maximum absolute atomic E-state index is 12.5. The quantitative estimate of drug-likeness (QED) is 0.434. The molecule has 0 aliphatic carbocycles. The van der Waals surface area contributed by atoms with Gasteiger partial charge in [0.15, 0.2) is 5.78 Å². The Bertz CT molecular complexity index is 754. The predicted octanol–water partition coefficient (Wildman–Crippen LogP) is 2.44. The normalized spacial score (nSPS) is 11.6. The summed E-state index contributed by atoms with van der Waals surface area (Å²) in [7, 11) is 0. The topological polar surface area (TPSA) is 101 Å². The summed E-state index contributed by atoms with van der Waals surface area (Å²) in [6.07, 6.45) is -1.74. The van der Waals surface area contributed by atoms with Crippen molar-refractivity contribution < 1.29 is 29.3 Å². The second kappa shape index (κ2) is 8.75. The van der Waals surface area contributed by atoms with Crippen LogP contribution in [0.2, 0.25) is 0 Å². The molecule has 0 aliphatic heterocycles. The average Bonchev–Trinajstić information content (AvgIpc) is 2.60. The van der Waals surface area contributed by atoms with Crippen LogP contribution in [0.1, 0.15) is 35.2 Å². The molecule has 2 rings (SSSR count). The molecular weight excluding hydrogens is 324 g/mol. The zero-order valence-corrected chi connectivity index (χ0v) is 13.4. The van der Waals surface area contributed by atoms with Crippen LogP contribution in [0.5, 0.6) is 5.75 Å². The van der Waals surface area contributed by atoms with E-state index in [0.29, 0.717) is 5.56 Å². The lowest BCUT2D eigenvalue weighted by molar-refractivity contribution is -0.140. The van der Waals surface area contributed by atoms with Gasteiger partial charge in [-0.15, -0.1) is 0 Å². The number of carboxylic acid groups (broad SMARTS) is 1. The number of hydrogen-bond acceptors (Lipinski definition) is 5. The van der Waals surface area contributed by atoms with E-state index in [0.717, 1.165) is 0 Å². The van der Waals surface area contributed by atoms with Gasteiger partial charge in [0.05, 0.1) is 18.1 Å². The molecule has 0 radical (unpaired) electrons.